The van der Waals surface area contributed by atoms with Gasteiger partial charge in [0.1, 0.15) is 4.47 Å². The highest BCUT2D eigenvalue weighted by Gasteiger charge is 2.04. The van der Waals surface area contributed by atoms with E-state index >= 15 is 0 Å². The molecule has 0 amide bonds. The highest BCUT2D eigenvalue weighted by Crippen LogP contribution is 2.19. The van der Waals surface area contributed by atoms with E-state index in [-0.39, 0.29) is 5.56 Å². The van der Waals surface area contributed by atoms with Crippen LogP contribution in [0.25, 0.3) is 10.8 Å². The summed E-state index contributed by atoms with van der Waals surface area (Å²) < 4.78 is 2.08. The summed E-state index contributed by atoms with van der Waals surface area (Å²) in [7, 11) is 0. The quantitative estimate of drug-likeness (QED) is 0.728. The summed E-state index contributed by atoms with van der Waals surface area (Å²) in [5.74, 6) is 0. The van der Waals surface area contributed by atoms with Crippen LogP contribution in [0.15, 0.2) is 64.3 Å². The summed E-state index contributed by atoms with van der Waals surface area (Å²) >= 11 is 3.21. The van der Waals surface area contributed by atoms with Gasteiger partial charge in [0, 0.05) is 6.20 Å². The topological polar surface area (TPSA) is 34.9 Å². The summed E-state index contributed by atoms with van der Waals surface area (Å²) in [6.45, 7) is 0.520. The van der Waals surface area contributed by atoms with Crippen LogP contribution < -0.4 is 5.56 Å². The third-order valence-electron chi connectivity index (χ3n) is 3.08. The Bertz CT molecular complexity index is 790. The van der Waals surface area contributed by atoms with Gasteiger partial charge in [-0.25, -0.2) is 4.98 Å². The van der Waals surface area contributed by atoms with Crippen molar-refractivity contribution in [2.45, 2.75) is 6.54 Å². The minimum absolute atomic E-state index is 0.0667. The number of hydrogen-bond donors (Lipinski definition) is 0. The second-order valence-electron chi connectivity index (χ2n) is 4.31. The molecule has 0 atom stereocenters. The maximum atomic E-state index is 12.0. The molecule has 0 radical (unpaired) electrons. The lowest BCUT2D eigenvalue weighted by Crippen LogP contribution is -2.21. The highest BCUT2D eigenvalue weighted by molar-refractivity contribution is 9.10. The Morgan fingerprint density at radius 3 is 2.79 bits per heavy atom. The molecule has 0 N–H and O–H groups in total. The molecule has 0 bridgehead atoms. The number of aromatic nitrogens is 2. The van der Waals surface area contributed by atoms with Crippen LogP contribution in [-0.2, 0) is 6.54 Å². The lowest BCUT2D eigenvalue weighted by Gasteiger charge is -2.08. The summed E-state index contributed by atoms with van der Waals surface area (Å²) in [4.78, 5) is 16.0. The number of fused-ring (bicyclic) bond motifs is 1. The number of nitrogens with zero attached hydrogens (tertiary/aromatic N) is 2. The third kappa shape index (κ3) is 2.31. The van der Waals surface area contributed by atoms with Crippen LogP contribution in [0, 0.1) is 0 Å². The molecule has 1 aromatic heterocycles. The van der Waals surface area contributed by atoms with E-state index < -0.39 is 0 Å². The Labute approximate surface area is 118 Å². The van der Waals surface area contributed by atoms with Crippen LogP contribution in [-0.4, -0.2) is 9.55 Å². The van der Waals surface area contributed by atoms with Crippen LogP contribution in [0.2, 0.25) is 0 Å². The first-order valence-electron chi connectivity index (χ1n) is 5.92. The Hall–Kier alpha value is -1.94. The van der Waals surface area contributed by atoms with Crippen molar-refractivity contribution in [3.8, 4) is 0 Å². The van der Waals surface area contributed by atoms with Crippen LogP contribution >= 0.6 is 15.9 Å². The van der Waals surface area contributed by atoms with Gasteiger partial charge in [-0.1, -0.05) is 42.5 Å². The van der Waals surface area contributed by atoms with Gasteiger partial charge in [-0.3, -0.25) is 9.36 Å². The fraction of sp³-hybridized carbons (Fsp3) is 0.0667. The van der Waals surface area contributed by atoms with Gasteiger partial charge >= 0.3 is 0 Å². The monoisotopic (exact) mass is 314 g/mol. The van der Waals surface area contributed by atoms with E-state index in [9.17, 15) is 4.79 Å². The van der Waals surface area contributed by atoms with E-state index in [1.807, 2.05) is 24.3 Å². The lowest BCUT2D eigenvalue weighted by molar-refractivity contribution is 0.734. The Balaban J connectivity index is 2.11. The molecule has 1 heterocycles. The minimum Gasteiger partial charge on any atom is -0.294 e. The largest absolute Gasteiger partial charge is 0.294 e. The first-order valence-corrected chi connectivity index (χ1v) is 6.71. The van der Waals surface area contributed by atoms with Crippen molar-refractivity contribution in [2.24, 2.45) is 0 Å². The predicted molar refractivity (Wildman–Crippen MR) is 79.2 cm³/mol. The maximum absolute atomic E-state index is 12.0. The standard InChI is InChI=1S/C15H11BrN2O/c16-14-8-17-10-18(15(14)19)9-12-6-3-5-11-4-1-2-7-13(11)12/h1-8,10H,9H2. The van der Waals surface area contributed by atoms with Gasteiger partial charge < -0.3 is 0 Å². The molecule has 3 rings (SSSR count). The molecule has 3 nitrogen and oxygen atoms in total. The zero-order valence-electron chi connectivity index (χ0n) is 10.1. The summed E-state index contributed by atoms with van der Waals surface area (Å²) in [5, 5.41) is 2.34. The molecule has 4 heteroatoms. The van der Waals surface area contributed by atoms with Gasteiger partial charge in [-0.15, -0.1) is 0 Å². The lowest BCUT2D eigenvalue weighted by atomic mass is 10.0. The summed E-state index contributed by atoms with van der Waals surface area (Å²) in [6.07, 6.45) is 3.08. The average molecular weight is 315 g/mol. The fourth-order valence-corrected chi connectivity index (χ4v) is 2.50. The molecule has 0 unspecified atom stereocenters. The predicted octanol–water partition coefficient (Wildman–Crippen LogP) is 3.21. The van der Waals surface area contributed by atoms with E-state index in [1.54, 1.807) is 10.9 Å². The van der Waals surface area contributed by atoms with Gasteiger partial charge in [0.25, 0.3) is 5.56 Å². The van der Waals surface area contributed by atoms with Gasteiger partial charge in [-0.05, 0) is 32.3 Å². The molecular formula is C15H11BrN2O. The molecule has 0 aliphatic rings. The van der Waals surface area contributed by atoms with Gasteiger partial charge in [-0.2, -0.15) is 0 Å². The van der Waals surface area contributed by atoms with Crippen molar-refractivity contribution in [1.29, 1.82) is 0 Å². The summed E-state index contributed by atoms with van der Waals surface area (Å²) in [6, 6.07) is 14.3. The summed E-state index contributed by atoms with van der Waals surface area (Å²) in [5.41, 5.74) is 1.04. The molecule has 0 spiro atoms. The molecule has 19 heavy (non-hydrogen) atoms. The Morgan fingerprint density at radius 2 is 1.89 bits per heavy atom. The number of rotatable bonds is 2. The van der Waals surface area contributed by atoms with Crippen LogP contribution in [0.3, 0.4) is 0 Å². The van der Waals surface area contributed by atoms with E-state index in [0.717, 1.165) is 10.9 Å². The Morgan fingerprint density at radius 1 is 1.11 bits per heavy atom. The molecule has 0 saturated carbocycles. The molecule has 2 aromatic carbocycles. The number of benzene rings is 2. The fourth-order valence-electron chi connectivity index (χ4n) is 2.15. The van der Waals surface area contributed by atoms with Crippen molar-refractivity contribution in [1.82, 2.24) is 9.55 Å². The van der Waals surface area contributed by atoms with Crippen molar-refractivity contribution in [3.63, 3.8) is 0 Å². The molecule has 0 saturated heterocycles. The SMILES string of the molecule is O=c1c(Br)cncn1Cc1cccc2ccccc12. The van der Waals surface area contributed by atoms with Crippen molar-refractivity contribution >= 4 is 26.7 Å². The van der Waals surface area contributed by atoms with Crippen molar-refractivity contribution < 1.29 is 0 Å². The molecule has 0 fully saturated rings. The van der Waals surface area contributed by atoms with E-state index in [0.29, 0.717) is 11.0 Å². The van der Waals surface area contributed by atoms with Crippen molar-refractivity contribution in [2.75, 3.05) is 0 Å². The average Bonchev–Trinajstić information content (AvgIpc) is 2.44. The highest BCUT2D eigenvalue weighted by atomic mass is 79.9. The first kappa shape index (κ1) is 12.1. The molecular weight excluding hydrogens is 304 g/mol. The first-order chi connectivity index (χ1) is 9.25. The van der Waals surface area contributed by atoms with E-state index in [4.69, 9.17) is 0 Å². The minimum atomic E-state index is -0.0667. The smallest absolute Gasteiger partial charge is 0.267 e. The van der Waals surface area contributed by atoms with Crippen molar-refractivity contribution in [3.05, 3.63) is 75.4 Å². The van der Waals surface area contributed by atoms with Crippen LogP contribution in [0.4, 0.5) is 0 Å². The van der Waals surface area contributed by atoms with Gasteiger partial charge in [0.15, 0.2) is 0 Å². The van der Waals surface area contributed by atoms with Gasteiger partial charge in [0.2, 0.25) is 0 Å². The number of hydrogen-bond acceptors (Lipinski definition) is 2. The molecule has 3 aromatic rings. The number of halogens is 1. The molecule has 94 valence electrons. The second kappa shape index (κ2) is 4.97. The van der Waals surface area contributed by atoms with Gasteiger partial charge in [0.05, 0.1) is 12.9 Å². The Kier molecular flexibility index (Phi) is 3.17. The molecule has 0 aliphatic heterocycles. The van der Waals surface area contributed by atoms with Crippen LogP contribution in [0.5, 0.6) is 0 Å². The molecule has 0 aliphatic carbocycles. The van der Waals surface area contributed by atoms with Crippen LogP contribution in [0.1, 0.15) is 5.56 Å². The van der Waals surface area contributed by atoms with E-state index in [2.05, 4.69) is 39.1 Å². The van der Waals surface area contributed by atoms with E-state index in [1.165, 1.54) is 11.6 Å². The maximum Gasteiger partial charge on any atom is 0.267 e. The zero-order valence-corrected chi connectivity index (χ0v) is 11.7. The second-order valence-corrected chi connectivity index (χ2v) is 5.17. The zero-order chi connectivity index (χ0) is 13.2. The third-order valence-corrected chi connectivity index (χ3v) is 3.62. The normalized spacial score (nSPS) is 10.8.